The smallest absolute Gasteiger partial charge is 0.255 e. The summed E-state index contributed by atoms with van der Waals surface area (Å²) in [6, 6.07) is 27.7. The van der Waals surface area contributed by atoms with Crippen LogP contribution in [0.4, 0.5) is 5.69 Å². The number of para-hydroxylation sites is 2. The summed E-state index contributed by atoms with van der Waals surface area (Å²) in [6.07, 6.45) is 3.74. The first-order valence-corrected chi connectivity index (χ1v) is 10.7. The van der Waals surface area contributed by atoms with Gasteiger partial charge in [0.2, 0.25) is 11.7 Å². The molecule has 0 radical (unpaired) electrons. The van der Waals surface area contributed by atoms with Crippen LogP contribution in [0.3, 0.4) is 0 Å². The first kappa shape index (κ1) is 21.1. The molecule has 0 aliphatic heterocycles. The maximum atomic E-state index is 12.9. The largest absolute Gasteiger partial charge is 0.457 e. The topological polar surface area (TPSA) is 90.1 Å². The molecule has 0 unspecified atom stereocenters. The Labute approximate surface area is 196 Å². The number of benzene rings is 3. The number of carbonyl (C=O) groups excluding carboxylic acids is 1. The summed E-state index contributed by atoms with van der Waals surface area (Å²) >= 11 is 0. The molecule has 166 valence electrons. The van der Waals surface area contributed by atoms with Gasteiger partial charge in [0.15, 0.2) is 0 Å². The zero-order chi connectivity index (χ0) is 23.2. The van der Waals surface area contributed by atoms with Crippen LogP contribution >= 0.6 is 0 Å². The molecule has 5 aromatic rings. The van der Waals surface area contributed by atoms with Crippen LogP contribution in [0.5, 0.6) is 11.5 Å². The molecule has 34 heavy (non-hydrogen) atoms. The summed E-state index contributed by atoms with van der Waals surface area (Å²) in [5.74, 6) is 2.13. The quantitative estimate of drug-likeness (QED) is 0.340. The highest BCUT2D eigenvalue weighted by atomic mass is 16.5. The predicted molar refractivity (Wildman–Crippen MR) is 128 cm³/mol. The van der Waals surface area contributed by atoms with Crippen LogP contribution in [0.2, 0.25) is 0 Å². The minimum absolute atomic E-state index is 0.221. The molecule has 3 aromatic carbocycles. The zero-order valence-electron chi connectivity index (χ0n) is 18.1. The molecule has 5 rings (SSSR count). The van der Waals surface area contributed by atoms with Crippen molar-refractivity contribution in [3.8, 4) is 22.9 Å². The van der Waals surface area contributed by atoms with E-state index in [2.05, 4.69) is 20.4 Å². The standard InChI is InChI=1S/C27H20N4O3/c32-27(20-10-12-23(13-11-20)33-22-7-2-1-3-8-22)29-24-9-5-4-6-21(24)18-25-30-26(31-34-25)19-14-16-28-17-15-19/h1-17H,18H2,(H,29,32). The van der Waals surface area contributed by atoms with Gasteiger partial charge in [-0.2, -0.15) is 4.98 Å². The van der Waals surface area contributed by atoms with Crippen molar-refractivity contribution in [2.75, 3.05) is 5.32 Å². The second-order valence-electron chi connectivity index (χ2n) is 7.48. The van der Waals surface area contributed by atoms with Gasteiger partial charge in [0, 0.05) is 29.2 Å². The van der Waals surface area contributed by atoms with Crippen molar-refractivity contribution in [3.63, 3.8) is 0 Å². The second-order valence-corrected chi connectivity index (χ2v) is 7.48. The number of hydrogen-bond donors (Lipinski definition) is 1. The molecule has 0 atom stereocenters. The molecule has 0 fully saturated rings. The summed E-state index contributed by atoms with van der Waals surface area (Å²) in [5, 5.41) is 7.02. The van der Waals surface area contributed by atoms with E-state index < -0.39 is 0 Å². The zero-order valence-corrected chi connectivity index (χ0v) is 18.1. The third kappa shape index (κ3) is 4.99. The number of nitrogens with zero attached hydrogens (tertiary/aromatic N) is 3. The summed E-state index contributed by atoms with van der Waals surface area (Å²) in [4.78, 5) is 21.3. The van der Waals surface area contributed by atoms with E-state index in [9.17, 15) is 4.79 Å². The van der Waals surface area contributed by atoms with Crippen LogP contribution in [0.15, 0.2) is 108 Å². The van der Waals surface area contributed by atoms with E-state index >= 15 is 0 Å². The van der Waals surface area contributed by atoms with E-state index in [1.807, 2.05) is 66.7 Å². The fraction of sp³-hybridized carbons (Fsp3) is 0.0370. The fourth-order valence-corrected chi connectivity index (χ4v) is 3.40. The Balaban J connectivity index is 1.27. The van der Waals surface area contributed by atoms with Crippen LogP contribution in [0.25, 0.3) is 11.4 Å². The number of anilines is 1. The van der Waals surface area contributed by atoms with Gasteiger partial charge in [-0.15, -0.1) is 0 Å². The van der Waals surface area contributed by atoms with E-state index in [-0.39, 0.29) is 5.91 Å². The van der Waals surface area contributed by atoms with Gasteiger partial charge < -0.3 is 14.6 Å². The first-order chi connectivity index (χ1) is 16.7. The molecule has 0 saturated carbocycles. The lowest BCUT2D eigenvalue weighted by Crippen LogP contribution is -2.13. The third-order valence-corrected chi connectivity index (χ3v) is 5.11. The summed E-state index contributed by atoms with van der Waals surface area (Å²) < 4.78 is 11.2. The Morgan fingerprint density at radius 1 is 0.824 bits per heavy atom. The predicted octanol–water partition coefficient (Wildman–Crippen LogP) is 5.77. The molecular weight excluding hydrogens is 428 g/mol. The molecule has 0 aliphatic rings. The van der Waals surface area contributed by atoms with Crippen LogP contribution in [-0.4, -0.2) is 21.0 Å². The molecule has 1 N–H and O–H groups in total. The Kier molecular flexibility index (Phi) is 6.07. The van der Waals surface area contributed by atoms with Crippen molar-refractivity contribution in [1.29, 1.82) is 0 Å². The van der Waals surface area contributed by atoms with E-state index in [0.717, 1.165) is 16.9 Å². The molecule has 7 nitrogen and oxygen atoms in total. The van der Waals surface area contributed by atoms with Crippen LogP contribution < -0.4 is 10.1 Å². The third-order valence-electron chi connectivity index (χ3n) is 5.11. The molecule has 0 bridgehead atoms. The maximum absolute atomic E-state index is 12.9. The normalized spacial score (nSPS) is 10.6. The van der Waals surface area contributed by atoms with Crippen LogP contribution in [-0.2, 0) is 6.42 Å². The van der Waals surface area contributed by atoms with E-state index in [1.54, 1.807) is 36.7 Å². The molecule has 0 spiro atoms. The monoisotopic (exact) mass is 448 g/mol. The summed E-state index contributed by atoms with van der Waals surface area (Å²) in [7, 11) is 0. The van der Waals surface area contributed by atoms with Gasteiger partial charge in [-0.1, -0.05) is 41.6 Å². The number of carbonyl (C=O) groups is 1. The highest BCUT2D eigenvalue weighted by molar-refractivity contribution is 6.04. The van der Waals surface area contributed by atoms with Gasteiger partial charge in [0.1, 0.15) is 11.5 Å². The lowest BCUT2D eigenvalue weighted by Gasteiger charge is -2.10. The van der Waals surface area contributed by atoms with E-state index in [4.69, 9.17) is 9.26 Å². The summed E-state index contributed by atoms with van der Waals surface area (Å²) in [6.45, 7) is 0. The van der Waals surface area contributed by atoms with Gasteiger partial charge in [-0.25, -0.2) is 0 Å². The molecule has 2 aromatic heterocycles. The molecule has 1 amide bonds. The molecule has 2 heterocycles. The van der Waals surface area contributed by atoms with Gasteiger partial charge in [-0.3, -0.25) is 9.78 Å². The van der Waals surface area contributed by atoms with Crippen molar-refractivity contribution in [1.82, 2.24) is 15.1 Å². The van der Waals surface area contributed by atoms with Crippen molar-refractivity contribution >= 4 is 11.6 Å². The molecule has 0 saturated heterocycles. The number of rotatable bonds is 7. The number of aromatic nitrogens is 3. The van der Waals surface area contributed by atoms with Gasteiger partial charge >= 0.3 is 0 Å². The van der Waals surface area contributed by atoms with E-state index in [0.29, 0.717) is 35.1 Å². The number of pyridine rings is 1. The molecule has 0 aliphatic carbocycles. The van der Waals surface area contributed by atoms with Crippen molar-refractivity contribution < 1.29 is 14.1 Å². The lowest BCUT2D eigenvalue weighted by atomic mass is 10.1. The number of hydrogen-bond acceptors (Lipinski definition) is 6. The minimum atomic E-state index is -0.221. The Hall–Kier alpha value is -4.78. The highest BCUT2D eigenvalue weighted by Gasteiger charge is 2.14. The highest BCUT2D eigenvalue weighted by Crippen LogP contribution is 2.23. The Bertz CT molecular complexity index is 1380. The van der Waals surface area contributed by atoms with Gasteiger partial charge in [0.05, 0.1) is 6.42 Å². The average molecular weight is 448 g/mol. The number of amides is 1. The van der Waals surface area contributed by atoms with Crippen LogP contribution in [0, 0.1) is 0 Å². The van der Waals surface area contributed by atoms with Crippen molar-refractivity contribution in [2.45, 2.75) is 6.42 Å². The van der Waals surface area contributed by atoms with Crippen molar-refractivity contribution in [2.24, 2.45) is 0 Å². The fourth-order valence-electron chi connectivity index (χ4n) is 3.40. The lowest BCUT2D eigenvalue weighted by molar-refractivity contribution is 0.102. The SMILES string of the molecule is O=C(Nc1ccccc1Cc1nc(-c2ccncc2)no1)c1ccc(Oc2ccccc2)cc1. The second kappa shape index (κ2) is 9.79. The van der Waals surface area contributed by atoms with Crippen LogP contribution in [0.1, 0.15) is 21.8 Å². The number of nitrogens with one attached hydrogen (secondary N) is 1. The minimum Gasteiger partial charge on any atom is -0.457 e. The summed E-state index contributed by atoms with van der Waals surface area (Å²) in [5.41, 5.74) is 2.89. The number of ether oxygens (including phenoxy) is 1. The van der Waals surface area contributed by atoms with E-state index in [1.165, 1.54) is 0 Å². The average Bonchev–Trinajstić information content (AvgIpc) is 3.35. The van der Waals surface area contributed by atoms with Crippen molar-refractivity contribution in [3.05, 3.63) is 120 Å². The maximum Gasteiger partial charge on any atom is 0.255 e. The Morgan fingerprint density at radius 3 is 2.32 bits per heavy atom. The molecular formula is C27H20N4O3. The van der Waals surface area contributed by atoms with Gasteiger partial charge in [-0.05, 0) is 60.2 Å². The van der Waals surface area contributed by atoms with Gasteiger partial charge in [0.25, 0.3) is 5.91 Å². The first-order valence-electron chi connectivity index (χ1n) is 10.7. The Morgan fingerprint density at radius 2 is 1.53 bits per heavy atom. The molecule has 7 heteroatoms.